The van der Waals surface area contributed by atoms with E-state index in [0.29, 0.717) is 19.8 Å². The smallest absolute Gasteiger partial charge is 0.242 e. The summed E-state index contributed by atoms with van der Waals surface area (Å²) in [6.45, 7) is 3.47. The number of carbonyl (C=O) groups excluding carboxylic acids is 1. The molecule has 94 valence electrons. The fraction of sp³-hybridized carbons (Fsp3) is 0.900. The van der Waals surface area contributed by atoms with E-state index >= 15 is 0 Å². The second kappa shape index (κ2) is 6.39. The zero-order chi connectivity index (χ0) is 10.7. The lowest BCUT2D eigenvalue weighted by Gasteiger charge is -2.27. The van der Waals surface area contributed by atoms with Crippen molar-refractivity contribution in [3.05, 3.63) is 0 Å². The van der Waals surface area contributed by atoms with Gasteiger partial charge in [0.25, 0.3) is 0 Å². The molecular formula is C10H19ClN2O3. The van der Waals surface area contributed by atoms with Crippen molar-refractivity contribution < 1.29 is 14.3 Å². The molecule has 6 heteroatoms. The van der Waals surface area contributed by atoms with Crippen LogP contribution >= 0.6 is 12.4 Å². The molecule has 5 nitrogen and oxygen atoms in total. The van der Waals surface area contributed by atoms with Gasteiger partial charge < -0.3 is 19.7 Å². The second-order valence-corrected chi connectivity index (χ2v) is 4.01. The minimum atomic E-state index is -0.158. The minimum Gasteiger partial charge on any atom is -0.380 e. The summed E-state index contributed by atoms with van der Waals surface area (Å²) < 4.78 is 10.5. The molecule has 2 rings (SSSR count). The fourth-order valence-electron chi connectivity index (χ4n) is 2.07. The van der Waals surface area contributed by atoms with Gasteiger partial charge in [0.05, 0.1) is 19.3 Å². The highest BCUT2D eigenvalue weighted by Crippen LogP contribution is 2.13. The zero-order valence-corrected chi connectivity index (χ0v) is 10.3. The molecule has 2 atom stereocenters. The third-order valence-electron chi connectivity index (χ3n) is 3.01. The van der Waals surface area contributed by atoms with Crippen molar-refractivity contribution in [2.75, 3.05) is 40.0 Å². The zero-order valence-electron chi connectivity index (χ0n) is 9.48. The number of methoxy groups -OCH3 is 1. The topological polar surface area (TPSA) is 50.8 Å². The van der Waals surface area contributed by atoms with Gasteiger partial charge in [0.15, 0.2) is 0 Å². The summed E-state index contributed by atoms with van der Waals surface area (Å²) in [5.41, 5.74) is 0. The molecular weight excluding hydrogens is 232 g/mol. The van der Waals surface area contributed by atoms with E-state index in [4.69, 9.17) is 9.47 Å². The summed E-state index contributed by atoms with van der Waals surface area (Å²) in [5, 5.41) is 3.17. The van der Waals surface area contributed by atoms with E-state index in [-0.39, 0.29) is 30.5 Å². The minimum absolute atomic E-state index is 0. The summed E-state index contributed by atoms with van der Waals surface area (Å²) in [7, 11) is 1.70. The van der Waals surface area contributed by atoms with Crippen molar-refractivity contribution >= 4 is 18.3 Å². The van der Waals surface area contributed by atoms with Crippen LogP contribution in [0.5, 0.6) is 0 Å². The van der Waals surface area contributed by atoms with Gasteiger partial charge in [-0.1, -0.05) is 0 Å². The Hall–Kier alpha value is -0.360. The first-order valence-corrected chi connectivity index (χ1v) is 5.44. The van der Waals surface area contributed by atoms with Crippen molar-refractivity contribution in [2.24, 2.45) is 0 Å². The van der Waals surface area contributed by atoms with E-state index in [0.717, 1.165) is 19.5 Å². The Kier molecular flexibility index (Phi) is 5.48. The first-order valence-electron chi connectivity index (χ1n) is 5.44. The molecule has 1 N–H and O–H groups in total. The first kappa shape index (κ1) is 13.7. The molecule has 1 amide bonds. The van der Waals surface area contributed by atoms with Gasteiger partial charge in [0.2, 0.25) is 5.91 Å². The number of ether oxygens (including phenoxy) is 2. The SMILES string of the molecule is CO[C@H]1CCN(C(=O)C2COCCN2)C1.Cl. The van der Waals surface area contributed by atoms with Crippen LogP contribution in [0.4, 0.5) is 0 Å². The molecule has 16 heavy (non-hydrogen) atoms. The van der Waals surface area contributed by atoms with Crippen LogP contribution in [0.1, 0.15) is 6.42 Å². The van der Waals surface area contributed by atoms with Crippen LogP contribution in [0.3, 0.4) is 0 Å². The van der Waals surface area contributed by atoms with E-state index in [1.165, 1.54) is 0 Å². The second-order valence-electron chi connectivity index (χ2n) is 4.01. The van der Waals surface area contributed by atoms with Crippen molar-refractivity contribution in [1.29, 1.82) is 0 Å². The van der Waals surface area contributed by atoms with E-state index in [9.17, 15) is 4.79 Å². The Morgan fingerprint density at radius 3 is 2.94 bits per heavy atom. The molecule has 0 spiro atoms. The molecule has 0 aromatic heterocycles. The first-order chi connectivity index (χ1) is 7.31. The molecule has 0 saturated carbocycles. The maximum atomic E-state index is 12.0. The van der Waals surface area contributed by atoms with Crippen LogP contribution < -0.4 is 5.32 Å². The number of morpholine rings is 1. The number of hydrogen-bond donors (Lipinski definition) is 1. The third-order valence-corrected chi connectivity index (χ3v) is 3.01. The highest BCUT2D eigenvalue weighted by Gasteiger charge is 2.31. The van der Waals surface area contributed by atoms with E-state index in [1.54, 1.807) is 7.11 Å². The Morgan fingerprint density at radius 1 is 1.56 bits per heavy atom. The predicted octanol–water partition coefficient (Wildman–Crippen LogP) is -0.356. The molecule has 0 aromatic carbocycles. The van der Waals surface area contributed by atoms with Gasteiger partial charge in [-0.3, -0.25) is 4.79 Å². The third kappa shape index (κ3) is 3.07. The summed E-state index contributed by atoms with van der Waals surface area (Å²) in [5.74, 6) is 0.147. The summed E-state index contributed by atoms with van der Waals surface area (Å²) in [6.07, 6.45) is 1.15. The number of likely N-dealkylation sites (tertiary alicyclic amines) is 1. The molecule has 2 saturated heterocycles. The van der Waals surface area contributed by atoms with E-state index in [2.05, 4.69) is 5.32 Å². The quantitative estimate of drug-likeness (QED) is 0.728. The Labute approximate surface area is 102 Å². The Bertz CT molecular complexity index is 234. The van der Waals surface area contributed by atoms with Gasteiger partial charge >= 0.3 is 0 Å². The van der Waals surface area contributed by atoms with Crippen LogP contribution in [-0.2, 0) is 14.3 Å². The van der Waals surface area contributed by atoms with E-state index in [1.807, 2.05) is 4.90 Å². The molecule has 2 heterocycles. The molecule has 0 bridgehead atoms. The van der Waals surface area contributed by atoms with Crippen LogP contribution in [0.15, 0.2) is 0 Å². The van der Waals surface area contributed by atoms with Crippen molar-refractivity contribution in [2.45, 2.75) is 18.6 Å². The molecule has 0 aromatic rings. The summed E-state index contributed by atoms with van der Waals surface area (Å²) in [6, 6.07) is -0.158. The van der Waals surface area contributed by atoms with Crippen LogP contribution in [0.2, 0.25) is 0 Å². The normalized spacial score (nSPS) is 29.9. The van der Waals surface area contributed by atoms with Gasteiger partial charge in [-0.25, -0.2) is 0 Å². The number of rotatable bonds is 2. The number of carbonyl (C=O) groups is 1. The van der Waals surface area contributed by atoms with Gasteiger partial charge in [-0.05, 0) is 6.42 Å². The lowest BCUT2D eigenvalue weighted by atomic mass is 10.2. The predicted molar refractivity (Wildman–Crippen MR) is 61.9 cm³/mol. The van der Waals surface area contributed by atoms with Crippen molar-refractivity contribution in [1.82, 2.24) is 10.2 Å². The van der Waals surface area contributed by atoms with Crippen LogP contribution in [-0.4, -0.2) is 62.9 Å². The standard InChI is InChI=1S/C10H18N2O3.ClH/c1-14-8-2-4-12(6-8)10(13)9-7-15-5-3-11-9;/h8-9,11H,2-7H2,1H3;1H/t8-,9?;/m0./s1. The van der Waals surface area contributed by atoms with Gasteiger partial charge in [-0.2, -0.15) is 0 Å². The molecule has 2 aliphatic heterocycles. The lowest BCUT2D eigenvalue weighted by Crippen LogP contribution is -2.52. The van der Waals surface area contributed by atoms with Gasteiger partial charge in [0, 0.05) is 26.7 Å². The average Bonchev–Trinajstić information content (AvgIpc) is 2.78. The summed E-state index contributed by atoms with van der Waals surface area (Å²) in [4.78, 5) is 13.9. The van der Waals surface area contributed by atoms with Crippen LogP contribution in [0, 0.1) is 0 Å². The van der Waals surface area contributed by atoms with Crippen molar-refractivity contribution in [3.8, 4) is 0 Å². The molecule has 1 unspecified atom stereocenters. The molecule has 0 aliphatic carbocycles. The average molecular weight is 251 g/mol. The fourth-order valence-corrected chi connectivity index (χ4v) is 2.07. The number of nitrogens with one attached hydrogen (secondary N) is 1. The number of nitrogens with zero attached hydrogens (tertiary/aromatic N) is 1. The number of halogens is 1. The Balaban J connectivity index is 0.00000128. The molecule has 0 radical (unpaired) electrons. The van der Waals surface area contributed by atoms with Crippen LogP contribution in [0.25, 0.3) is 0 Å². The van der Waals surface area contributed by atoms with Crippen molar-refractivity contribution in [3.63, 3.8) is 0 Å². The maximum Gasteiger partial charge on any atom is 0.242 e. The number of amides is 1. The molecule has 2 aliphatic rings. The highest BCUT2D eigenvalue weighted by molar-refractivity contribution is 5.85. The van der Waals surface area contributed by atoms with Gasteiger partial charge in [0.1, 0.15) is 6.04 Å². The van der Waals surface area contributed by atoms with E-state index < -0.39 is 0 Å². The Morgan fingerprint density at radius 2 is 2.38 bits per heavy atom. The highest BCUT2D eigenvalue weighted by atomic mass is 35.5. The lowest BCUT2D eigenvalue weighted by molar-refractivity contribution is -0.135. The molecule has 2 fully saturated rings. The largest absolute Gasteiger partial charge is 0.380 e. The number of hydrogen-bond acceptors (Lipinski definition) is 4. The summed E-state index contributed by atoms with van der Waals surface area (Å²) >= 11 is 0. The monoisotopic (exact) mass is 250 g/mol. The maximum absolute atomic E-state index is 12.0. The van der Waals surface area contributed by atoms with Gasteiger partial charge in [-0.15, -0.1) is 12.4 Å².